The maximum absolute atomic E-state index is 6.07. The fourth-order valence-electron chi connectivity index (χ4n) is 4.48. The van der Waals surface area contributed by atoms with Gasteiger partial charge in [0, 0.05) is 34.8 Å². The molecule has 40 heavy (non-hydrogen) atoms. The SMILES string of the molecule is CCC(OC(C)OCC1CSC(COC(C)OC(CC)OC2(CC)OCC(C)O2)CS1)OC1(CC)OCC(C)O1. The molecule has 10 unspecified atom stereocenters. The van der Waals surface area contributed by atoms with Crippen molar-refractivity contribution in [2.75, 3.05) is 37.9 Å². The van der Waals surface area contributed by atoms with Crippen LogP contribution in [0.2, 0.25) is 0 Å². The van der Waals surface area contributed by atoms with Gasteiger partial charge in [0.1, 0.15) is 0 Å². The topological polar surface area (TPSA) is 92.3 Å². The van der Waals surface area contributed by atoms with Crippen molar-refractivity contribution in [1.29, 1.82) is 0 Å². The first-order valence-electron chi connectivity index (χ1n) is 14.9. The molecule has 3 rings (SSSR count). The summed E-state index contributed by atoms with van der Waals surface area (Å²) in [5, 5.41) is 0.784. The van der Waals surface area contributed by atoms with E-state index in [4.69, 9.17) is 47.4 Å². The van der Waals surface area contributed by atoms with Crippen molar-refractivity contribution >= 4 is 23.5 Å². The molecule has 3 heterocycles. The zero-order valence-corrected chi connectivity index (χ0v) is 27.2. The van der Waals surface area contributed by atoms with E-state index in [1.807, 2.05) is 78.9 Å². The fourth-order valence-corrected chi connectivity index (χ4v) is 7.24. The lowest BCUT2D eigenvalue weighted by atomic mass is 10.4. The summed E-state index contributed by atoms with van der Waals surface area (Å²) in [5.74, 6) is -0.0945. The van der Waals surface area contributed by atoms with E-state index < -0.39 is 37.1 Å². The lowest BCUT2D eigenvalue weighted by Gasteiger charge is -2.33. The van der Waals surface area contributed by atoms with E-state index in [0.29, 0.717) is 62.6 Å². The molecule has 3 aliphatic rings. The van der Waals surface area contributed by atoms with Crippen molar-refractivity contribution in [3.05, 3.63) is 0 Å². The van der Waals surface area contributed by atoms with Gasteiger partial charge in [0.15, 0.2) is 25.2 Å². The molecule has 0 aromatic heterocycles. The van der Waals surface area contributed by atoms with Crippen LogP contribution >= 0.6 is 23.5 Å². The highest BCUT2D eigenvalue weighted by atomic mass is 32.2. The van der Waals surface area contributed by atoms with Gasteiger partial charge in [-0.1, -0.05) is 27.7 Å². The minimum Gasteiger partial charge on any atom is -0.352 e. The third kappa shape index (κ3) is 10.8. The average Bonchev–Trinajstić information content (AvgIpc) is 3.52. The van der Waals surface area contributed by atoms with Crippen LogP contribution in [0.15, 0.2) is 0 Å². The van der Waals surface area contributed by atoms with Crippen LogP contribution in [0.1, 0.15) is 81.1 Å². The van der Waals surface area contributed by atoms with Crippen molar-refractivity contribution in [2.45, 2.75) is 141 Å². The standard InChI is InChI=1S/C28H52O10S2/c1-9-25(37-27(11-3)31-13-19(5)35-27)33-21(7)29-15-23-17-40-24(18-39-23)16-30-22(8)34-26(10-2)38-28(12-4)32-14-20(6)36-28/h19-26H,9-18H2,1-8H3. The number of thioether (sulfide) groups is 2. The summed E-state index contributed by atoms with van der Waals surface area (Å²) in [7, 11) is 0. The highest BCUT2D eigenvalue weighted by Gasteiger charge is 2.43. The average molecular weight is 613 g/mol. The van der Waals surface area contributed by atoms with E-state index in [2.05, 4.69) is 0 Å². The summed E-state index contributed by atoms with van der Waals surface area (Å²) >= 11 is 3.82. The van der Waals surface area contributed by atoms with Gasteiger partial charge in [0.2, 0.25) is 0 Å². The lowest BCUT2D eigenvalue weighted by molar-refractivity contribution is -0.399. The van der Waals surface area contributed by atoms with E-state index in [0.717, 1.165) is 11.5 Å². The van der Waals surface area contributed by atoms with Gasteiger partial charge in [-0.05, 0) is 40.5 Å². The molecule has 236 valence electrons. The molecule has 0 aromatic rings. The summed E-state index contributed by atoms with van der Waals surface area (Å²) < 4.78 is 59.5. The van der Waals surface area contributed by atoms with Crippen molar-refractivity contribution in [3.63, 3.8) is 0 Å². The Morgan fingerprint density at radius 3 is 1.38 bits per heavy atom. The second-order valence-corrected chi connectivity index (χ2v) is 13.1. The van der Waals surface area contributed by atoms with Gasteiger partial charge in [-0.2, -0.15) is 23.5 Å². The van der Waals surface area contributed by atoms with Gasteiger partial charge in [-0.3, -0.25) is 9.47 Å². The van der Waals surface area contributed by atoms with Crippen molar-refractivity contribution in [3.8, 4) is 0 Å². The van der Waals surface area contributed by atoms with Crippen LogP contribution in [0.25, 0.3) is 0 Å². The number of hydrogen-bond donors (Lipinski definition) is 0. The third-order valence-corrected chi connectivity index (χ3v) is 9.91. The molecule has 3 fully saturated rings. The maximum Gasteiger partial charge on any atom is 0.285 e. The number of rotatable bonds is 18. The molecule has 0 bridgehead atoms. The van der Waals surface area contributed by atoms with Crippen molar-refractivity contribution in [2.24, 2.45) is 0 Å². The van der Waals surface area contributed by atoms with E-state index in [9.17, 15) is 0 Å². The molecule has 0 saturated carbocycles. The smallest absolute Gasteiger partial charge is 0.285 e. The lowest BCUT2D eigenvalue weighted by Crippen LogP contribution is -2.40. The van der Waals surface area contributed by atoms with E-state index in [-0.39, 0.29) is 12.2 Å². The Morgan fingerprint density at radius 2 is 1.10 bits per heavy atom. The Balaban J connectivity index is 1.30. The van der Waals surface area contributed by atoms with Crippen LogP contribution in [-0.2, 0) is 47.4 Å². The van der Waals surface area contributed by atoms with Crippen LogP contribution in [0.3, 0.4) is 0 Å². The predicted octanol–water partition coefficient (Wildman–Crippen LogP) is 5.47. The molecular formula is C28H52O10S2. The quantitative estimate of drug-likeness (QED) is 0.184. The van der Waals surface area contributed by atoms with Crippen molar-refractivity contribution < 1.29 is 47.4 Å². The van der Waals surface area contributed by atoms with Crippen LogP contribution in [0.4, 0.5) is 0 Å². The monoisotopic (exact) mass is 612 g/mol. The Kier molecular flexibility index (Phi) is 14.8. The normalized spacial score (nSPS) is 36.0. The third-order valence-electron chi connectivity index (χ3n) is 6.75. The summed E-state index contributed by atoms with van der Waals surface area (Å²) in [6.07, 6.45) is 0.795. The largest absolute Gasteiger partial charge is 0.352 e. The summed E-state index contributed by atoms with van der Waals surface area (Å²) in [6.45, 7) is 18.0. The zero-order chi connectivity index (χ0) is 29.2. The molecule has 0 aromatic carbocycles. The molecule has 3 saturated heterocycles. The molecule has 0 spiro atoms. The van der Waals surface area contributed by atoms with E-state index >= 15 is 0 Å². The second kappa shape index (κ2) is 17.0. The Hall–Kier alpha value is 0.300. The second-order valence-electron chi connectivity index (χ2n) is 10.4. The maximum atomic E-state index is 6.07. The minimum atomic E-state index is -1.03. The summed E-state index contributed by atoms with van der Waals surface area (Å²) in [6, 6.07) is 0. The molecule has 10 atom stereocenters. The highest BCUT2D eigenvalue weighted by molar-refractivity contribution is 8.07. The highest BCUT2D eigenvalue weighted by Crippen LogP contribution is 2.33. The summed E-state index contributed by atoms with van der Waals surface area (Å²) in [5.41, 5.74) is 0. The van der Waals surface area contributed by atoms with Gasteiger partial charge < -0.3 is 37.9 Å². The van der Waals surface area contributed by atoms with E-state index in [1.54, 1.807) is 0 Å². The molecule has 0 N–H and O–H groups in total. The number of ether oxygens (including phenoxy) is 10. The first-order chi connectivity index (χ1) is 19.1. The zero-order valence-electron chi connectivity index (χ0n) is 25.6. The Labute approximate surface area is 249 Å². The molecule has 0 radical (unpaired) electrons. The van der Waals surface area contributed by atoms with E-state index in [1.165, 1.54) is 0 Å². The van der Waals surface area contributed by atoms with Crippen molar-refractivity contribution in [1.82, 2.24) is 0 Å². The molecule has 10 nitrogen and oxygen atoms in total. The molecule has 0 aliphatic carbocycles. The molecule has 12 heteroatoms. The van der Waals surface area contributed by atoms with Crippen LogP contribution in [-0.4, -0.2) is 97.7 Å². The van der Waals surface area contributed by atoms with Gasteiger partial charge in [0.05, 0.1) is 38.6 Å². The summed E-state index contributed by atoms with van der Waals surface area (Å²) in [4.78, 5) is 0. The first kappa shape index (κ1) is 34.8. The number of hydrogen-bond acceptors (Lipinski definition) is 12. The van der Waals surface area contributed by atoms with Crippen LogP contribution in [0.5, 0.6) is 0 Å². The van der Waals surface area contributed by atoms with Gasteiger partial charge in [-0.15, -0.1) is 0 Å². The molecule has 0 amide bonds. The minimum absolute atomic E-state index is 0.00307. The predicted molar refractivity (Wildman–Crippen MR) is 155 cm³/mol. The Morgan fingerprint density at radius 1 is 0.700 bits per heavy atom. The molecule has 3 aliphatic heterocycles. The van der Waals surface area contributed by atoms with Gasteiger partial charge >= 0.3 is 0 Å². The first-order valence-corrected chi connectivity index (χ1v) is 17.0. The van der Waals surface area contributed by atoms with Crippen LogP contribution < -0.4 is 0 Å². The van der Waals surface area contributed by atoms with Crippen LogP contribution in [0, 0.1) is 0 Å². The van der Waals surface area contributed by atoms with Gasteiger partial charge in [-0.25, -0.2) is 0 Å². The Bertz CT molecular complexity index is 657. The van der Waals surface area contributed by atoms with Gasteiger partial charge in [0.25, 0.3) is 11.9 Å². The molecular weight excluding hydrogens is 560 g/mol. The fraction of sp³-hybridized carbons (Fsp3) is 1.00.